The number of carboxylic acids is 1. The summed E-state index contributed by atoms with van der Waals surface area (Å²) in [5.74, 6) is 1.06. The summed E-state index contributed by atoms with van der Waals surface area (Å²) in [6.07, 6.45) is 5.87. The van der Waals surface area contributed by atoms with Gasteiger partial charge < -0.3 is 20.4 Å². The first-order chi connectivity index (χ1) is 13.6. The van der Waals surface area contributed by atoms with E-state index in [4.69, 9.17) is 5.11 Å². The third-order valence-electron chi connectivity index (χ3n) is 10.3. The zero-order valence-corrected chi connectivity index (χ0v) is 18.3. The molecule has 5 heteroatoms. The first-order valence-electron chi connectivity index (χ1n) is 11.9. The van der Waals surface area contributed by atoms with E-state index in [9.17, 15) is 20.1 Å². The minimum absolute atomic E-state index is 0.00309. The van der Waals surface area contributed by atoms with Crippen LogP contribution in [0.1, 0.15) is 78.6 Å². The predicted molar refractivity (Wildman–Crippen MR) is 110 cm³/mol. The van der Waals surface area contributed by atoms with E-state index < -0.39 is 18.2 Å². The quantitative estimate of drug-likeness (QED) is 0.571. The number of rotatable bonds is 4. The maximum absolute atomic E-state index is 11.3. The van der Waals surface area contributed by atoms with Crippen LogP contribution < -0.4 is 0 Å². The van der Waals surface area contributed by atoms with Gasteiger partial charge in [-0.25, -0.2) is 0 Å². The van der Waals surface area contributed by atoms with E-state index in [-0.39, 0.29) is 35.2 Å². The van der Waals surface area contributed by atoms with Crippen LogP contribution in [0, 0.1) is 46.3 Å². The summed E-state index contributed by atoms with van der Waals surface area (Å²) >= 11 is 0. The largest absolute Gasteiger partial charge is 0.481 e. The fourth-order valence-corrected chi connectivity index (χ4v) is 8.77. The van der Waals surface area contributed by atoms with Gasteiger partial charge in [-0.3, -0.25) is 4.79 Å². The van der Waals surface area contributed by atoms with Crippen molar-refractivity contribution in [2.45, 2.75) is 96.9 Å². The van der Waals surface area contributed by atoms with Crippen molar-refractivity contribution in [3.8, 4) is 0 Å². The van der Waals surface area contributed by atoms with E-state index in [1.807, 2.05) is 0 Å². The molecule has 5 nitrogen and oxygen atoms in total. The van der Waals surface area contributed by atoms with Crippen molar-refractivity contribution in [1.29, 1.82) is 0 Å². The van der Waals surface area contributed by atoms with Crippen LogP contribution in [0.5, 0.6) is 0 Å². The zero-order valence-electron chi connectivity index (χ0n) is 18.3. The Balaban J connectivity index is 1.59. The van der Waals surface area contributed by atoms with Crippen molar-refractivity contribution < 1.29 is 25.2 Å². The summed E-state index contributed by atoms with van der Waals surface area (Å²) < 4.78 is 0. The molecule has 0 saturated heterocycles. The second-order valence-electron chi connectivity index (χ2n) is 11.5. The van der Waals surface area contributed by atoms with Gasteiger partial charge in [0, 0.05) is 6.42 Å². The van der Waals surface area contributed by atoms with Crippen molar-refractivity contribution >= 4 is 5.97 Å². The van der Waals surface area contributed by atoms with Crippen LogP contribution in [0.4, 0.5) is 0 Å². The Morgan fingerprint density at radius 1 is 0.931 bits per heavy atom. The van der Waals surface area contributed by atoms with Gasteiger partial charge in [-0.2, -0.15) is 0 Å². The Morgan fingerprint density at radius 2 is 1.59 bits per heavy atom. The molecule has 6 unspecified atom stereocenters. The van der Waals surface area contributed by atoms with Gasteiger partial charge in [0.15, 0.2) is 0 Å². The summed E-state index contributed by atoms with van der Waals surface area (Å²) in [5, 5.41) is 41.7. The molecule has 4 aliphatic carbocycles. The molecule has 0 aromatic rings. The van der Waals surface area contributed by atoms with Gasteiger partial charge in [-0.1, -0.05) is 20.8 Å². The van der Waals surface area contributed by atoms with E-state index in [0.717, 1.165) is 44.9 Å². The van der Waals surface area contributed by atoms with Crippen molar-refractivity contribution in [3.05, 3.63) is 0 Å². The van der Waals surface area contributed by atoms with E-state index in [1.165, 1.54) is 0 Å². The number of carbonyl (C=O) groups is 1. The Labute approximate surface area is 174 Å². The van der Waals surface area contributed by atoms with Crippen LogP contribution >= 0.6 is 0 Å². The Hall–Kier alpha value is -0.650. The minimum atomic E-state index is -0.748. The third-order valence-corrected chi connectivity index (χ3v) is 10.3. The average molecular weight is 409 g/mol. The van der Waals surface area contributed by atoms with Gasteiger partial charge in [0.25, 0.3) is 0 Å². The Bertz CT molecular complexity index is 637. The average Bonchev–Trinajstić information content (AvgIpc) is 3.02. The molecule has 4 rings (SSSR count). The normalized spacial score (nSPS) is 52.9. The molecular weight excluding hydrogens is 368 g/mol. The van der Waals surface area contributed by atoms with Crippen LogP contribution in [0.2, 0.25) is 0 Å². The first kappa shape index (κ1) is 21.6. The molecule has 0 aromatic heterocycles. The second-order valence-corrected chi connectivity index (χ2v) is 11.5. The SMILES string of the molecule is CC(CCC(=O)O)[C@H]1CCC2C3C(O)[C@H](O)C4C[C@H](O)CC[C@]4(C)C3CC[C@@]21C. The number of hydrogen-bond donors (Lipinski definition) is 4. The molecule has 0 aliphatic heterocycles. The Kier molecular flexibility index (Phi) is 5.57. The maximum Gasteiger partial charge on any atom is 0.303 e. The molecule has 0 radical (unpaired) electrons. The molecule has 11 atom stereocenters. The lowest BCUT2D eigenvalue weighted by atomic mass is 9.43. The number of aliphatic carboxylic acids is 1. The lowest BCUT2D eigenvalue weighted by Gasteiger charge is -2.63. The maximum atomic E-state index is 11.3. The molecule has 0 heterocycles. The third kappa shape index (κ3) is 3.27. The lowest BCUT2D eigenvalue weighted by molar-refractivity contribution is -0.223. The smallest absolute Gasteiger partial charge is 0.303 e. The topological polar surface area (TPSA) is 98.0 Å². The predicted octanol–water partition coefficient (Wildman–Crippen LogP) is 3.45. The number of aliphatic hydroxyl groups is 3. The summed E-state index contributed by atoms with van der Waals surface area (Å²) in [7, 11) is 0. The van der Waals surface area contributed by atoms with Crippen molar-refractivity contribution in [2.75, 3.05) is 0 Å². The van der Waals surface area contributed by atoms with Gasteiger partial charge in [-0.15, -0.1) is 0 Å². The summed E-state index contributed by atoms with van der Waals surface area (Å²) in [5.41, 5.74) is 0.119. The molecule has 4 saturated carbocycles. The van der Waals surface area contributed by atoms with Crippen LogP contribution in [-0.2, 0) is 4.79 Å². The van der Waals surface area contributed by atoms with E-state index >= 15 is 0 Å². The monoisotopic (exact) mass is 408 g/mol. The first-order valence-corrected chi connectivity index (χ1v) is 11.9. The molecule has 0 spiro atoms. The highest BCUT2D eigenvalue weighted by Crippen LogP contribution is 2.68. The molecular formula is C24H40O5. The van der Waals surface area contributed by atoms with Gasteiger partial charge in [0.1, 0.15) is 0 Å². The minimum Gasteiger partial charge on any atom is -0.481 e. The number of fused-ring (bicyclic) bond motifs is 5. The Morgan fingerprint density at radius 3 is 2.28 bits per heavy atom. The highest BCUT2D eigenvalue weighted by atomic mass is 16.4. The van der Waals surface area contributed by atoms with Crippen LogP contribution in [0.3, 0.4) is 0 Å². The highest BCUT2D eigenvalue weighted by Gasteiger charge is 2.65. The highest BCUT2D eigenvalue weighted by molar-refractivity contribution is 5.66. The number of aliphatic hydroxyl groups excluding tert-OH is 3. The molecule has 0 aromatic carbocycles. The second kappa shape index (κ2) is 7.49. The van der Waals surface area contributed by atoms with Crippen molar-refractivity contribution in [2.24, 2.45) is 46.3 Å². The molecule has 4 N–H and O–H groups in total. The van der Waals surface area contributed by atoms with E-state index in [2.05, 4.69) is 20.8 Å². The van der Waals surface area contributed by atoms with Gasteiger partial charge in [-0.05, 0) is 97.7 Å². The lowest BCUT2D eigenvalue weighted by Crippen LogP contribution is -2.64. The van der Waals surface area contributed by atoms with Crippen molar-refractivity contribution in [1.82, 2.24) is 0 Å². The number of hydrogen-bond acceptors (Lipinski definition) is 4. The molecule has 0 bridgehead atoms. The fourth-order valence-electron chi connectivity index (χ4n) is 8.77. The van der Waals surface area contributed by atoms with Crippen LogP contribution in [0.15, 0.2) is 0 Å². The van der Waals surface area contributed by atoms with Crippen LogP contribution in [-0.4, -0.2) is 44.7 Å². The number of carboxylic acid groups (broad SMARTS) is 1. The fraction of sp³-hybridized carbons (Fsp3) is 0.958. The molecule has 166 valence electrons. The van der Waals surface area contributed by atoms with Crippen LogP contribution in [0.25, 0.3) is 0 Å². The van der Waals surface area contributed by atoms with Gasteiger partial charge >= 0.3 is 5.97 Å². The van der Waals surface area contributed by atoms with Crippen molar-refractivity contribution in [3.63, 3.8) is 0 Å². The molecule has 4 fully saturated rings. The van der Waals surface area contributed by atoms with E-state index in [1.54, 1.807) is 0 Å². The van der Waals surface area contributed by atoms with E-state index in [0.29, 0.717) is 30.1 Å². The molecule has 0 amide bonds. The van der Waals surface area contributed by atoms with Gasteiger partial charge in [0.05, 0.1) is 18.3 Å². The molecule has 4 aliphatic rings. The summed E-state index contributed by atoms with van der Waals surface area (Å²) in [6, 6.07) is 0. The molecule has 29 heavy (non-hydrogen) atoms. The zero-order chi connectivity index (χ0) is 21.1. The van der Waals surface area contributed by atoms with Gasteiger partial charge in [0.2, 0.25) is 0 Å². The summed E-state index contributed by atoms with van der Waals surface area (Å²) in [4.78, 5) is 11.1. The summed E-state index contributed by atoms with van der Waals surface area (Å²) in [6.45, 7) is 6.89. The standard InChI is InChI=1S/C24H40O5/c1-13(4-7-19(26)27)15-5-6-16-20-17(9-11-23(15,16)2)24(3)10-8-14(25)12-18(24)21(28)22(20)29/h13-18,20-22,25,28-29H,4-12H2,1-3H3,(H,26,27)/t13?,14-,15-,16?,17?,18?,20?,21-,22?,23-,24-/m1/s1.